The first-order valence-corrected chi connectivity index (χ1v) is 8.74. The molecule has 0 radical (unpaired) electrons. The molecule has 25 heavy (non-hydrogen) atoms. The van der Waals surface area contributed by atoms with Gasteiger partial charge in [0, 0.05) is 12.2 Å². The van der Waals surface area contributed by atoms with E-state index in [0.29, 0.717) is 13.2 Å². The summed E-state index contributed by atoms with van der Waals surface area (Å²) in [6.45, 7) is 9.29. The molecule has 1 aromatic heterocycles. The number of hydrogen-bond donors (Lipinski definition) is 2. The van der Waals surface area contributed by atoms with E-state index < -0.39 is 0 Å². The molecule has 3 rings (SSSR count). The van der Waals surface area contributed by atoms with Crippen LogP contribution in [-0.4, -0.2) is 41.0 Å². The Kier molecular flexibility index (Phi) is 5.20. The quantitative estimate of drug-likeness (QED) is 0.892. The normalized spacial score (nSPS) is 21.8. The van der Waals surface area contributed by atoms with Crippen molar-refractivity contribution in [2.45, 2.75) is 45.9 Å². The molecule has 1 saturated heterocycles. The van der Waals surface area contributed by atoms with Crippen LogP contribution in [0.5, 0.6) is 0 Å². The van der Waals surface area contributed by atoms with Gasteiger partial charge in [-0.1, -0.05) is 12.1 Å². The summed E-state index contributed by atoms with van der Waals surface area (Å²) in [6.07, 6.45) is -0.116. The number of aromatic nitrogens is 2. The van der Waals surface area contributed by atoms with Crippen LogP contribution in [0.3, 0.4) is 0 Å². The highest BCUT2D eigenvalue weighted by Crippen LogP contribution is 2.18. The van der Waals surface area contributed by atoms with Crippen molar-refractivity contribution in [1.82, 2.24) is 20.4 Å². The summed E-state index contributed by atoms with van der Waals surface area (Å²) < 4.78 is 7.47. The van der Waals surface area contributed by atoms with E-state index in [2.05, 4.69) is 21.8 Å². The predicted molar refractivity (Wildman–Crippen MR) is 96.8 cm³/mol. The molecule has 2 heterocycles. The van der Waals surface area contributed by atoms with E-state index in [1.54, 1.807) is 0 Å². The zero-order valence-electron chi connectivity index (χ0n) is 15.2. The number of nitrogens with one attached hydrogen (secondary N) is 2. The fourth-order valence-electron chi connectivity index (χ4n) is 3.21. The number of morpholine rings is 1. The Hall–Kier alpha value is -2.18. The summed E-state index contributed by atoms with van der Waals surface area (Å²) in [5.74, 6) is -0.0256. The highest BCUT2D eigenvalue weighted by atomic mass is 16.5. The van der Waals surface area contributed by atoms with E-state index in [9.17, 15) is 4.79 Å². The average Bonchev–Trinajstić information content (AvgIpc) is 2.93. The molecule has 1 fully saturated rings. The van der Waals surface area contributed by atoms with Gasteiger partial charge in [0.25, 0.3) is 0 Å². The first-order chi connectivity index (χ1) is 12.0. The number of aryl methyl sites for hydroxylation is 2. The van der Waals surface area contributed by atoms with Crippen LogP contribution in [0.2, 0.25) is 0 Å². The predicted octanol–water partition coefficient (Wildman–Crippen LogP) is 2.04. The maximum atomic E-state index is 12.5. The van der Waals surface area contributed by atoms with Crippen LogP contribution < -0.4 is 10.6 Å². The van der Waals surface area contributed by atoms with Gasteiger partial charge in [0.1, 0.15) is 6.04 Å². The molecule has 134 valence electrons. The van der Waals surface area contributed by atoms with Crippen LogP contribution >= 0.6 is 0 Å². The zero-order valence-corrected chi connectivity index (χ0v) is 15.2. The van der Waals surface area contributed by atoms with Gasteiger partial charge in [-0.3, -0.25) is 4.79 Å². The molecule has 0 aliphatic carbocycles. The van der Waals surface area contributed by atoms with Crippen molar-refractivity contribution in [3.63, 3.8) is 0 Å². The SMILES string of the molecule is Cc1cc(C)n(-c2ccc(C(C)NC(=O)[C@H]3NCCO[C@@H]3C)cc2)n1. The molecule has 1 aliphatic rings. The van der Waals surface area contributed by atoms with Gasteiger partial charge in [-0.15, -0.1) is 0 Å². The fraction of sp³-hybridized carbons (Fsp3) is 0.474. The van der Waals surface area contributed by atoms with Crippen LogP contribution in [0, 0.1) is 13.8 Å². The van der Waals surface area contributed by atoms with Gasteiger partial charge >= 0.3 is 0 Å². The number of nitrogens with zero attached hydrogens (tertiary/aromatic N) is 2. The molecule has 0 spiro atoms. The Balaban J connectivity index is 1.67. The van der Waals surface area contributed by atoms with Gasteiger partial charge in [0.2, 0.25) is 5.91 Å². The Labute approximate surface area is 148 Å². The van der Waals surface area contributed by atoms with Gasteiger partial charge in [-0.25, -0.2) is 4.68 Å². The molecule has 3 atom stereocenters. The Morgan fingerprint density at radius 1 is 1.36 bits per heavy atom. The van der Waals surface area contributed by atoms with Gasteiger partial charge in [0.15, 0.2) is 0 Å². The van der Waals surface area contributed by atoms with Crippen molar-refractivity contribution in [2.24, 2.45) is 0 Å². The maximum absolute atomic E-state index is 12.5. The second kappa shape index (κ2) is 7.37. The number of hydrogen-bond acceptors (Lipinski definition) is 4. The molecular formula is C19H26N4O2. The van der Waals surface area contributed by atoms with Crippen LogP contribution in [0.4, 0.5) is 0 Å². The minimum Gasteiger partial charge on any atom is -0.375 e. The lowest BCUT2D eigenvalue weighted by molar-refractivity contribution is -0.129. The molecule has 1 amide bonds. The maximum Gasteiger partial charge on any atom is 0.240 e. The summed E-state index contributed by atoms with van der Waals surface area (Å²) in [6, 6.07) is 9.81. The van der Waals surface area contributed by atoms with Crippen molar-refractivity contribution >= 4 is 5.91 Å². The molecular weight excluding hydrogens is 316 g/mol. The van der Waals surface area contributed by atoms with Crippen molar-refractivity contribution in [3.05, 3.63) is 47.3 Å². The van der Waals surface area contributed by atoms with Gasteiger partial charge in [-0.05, 0) is 51.5 Å². The van der Waals surface area contributed by atoms with Crippen LogP contribution in [-0.2, 0) is 9.53 Å². The van der Waals surface area contributed by atoms with Gasteiger partial charge < -0.3 is 15.4 Å². The van der Waals surface area contributed by atoms with Gasteiger partial charge in [-0.2, -0.15) is 5.10 Å². The van der Waals surface area contributed by atoms with E-state index >= 15 is 0 Å². The summed E-state index contributed by atoms with van der Waals surface area (Å²) in [5, 5.41) is 10.8. The van der Waals surface area contributed by atoms with Crippen molar-refractivity contribution in [1.29, 1.82) is 0 Å². The molecule has 1 aromatic carbocycles. The number of ether oxygens (including phenoxy) is 1. The molecule has 6 nitrogen and oxygen atoms in total. The van der Waals surface area contributed by atoms with E-state index in [1.807, 2.05) is 56.6 Å². The summed E-state index contributed by atoms with van der Waals surface area (Å²) in [5.41, 5.74) is 4.18. The minimum absolute atomic E-state index is 0.0256. The summed E-state index contributed by atoms with van der Waals surface area (Å²) in [4.78, 5) is 12.5. The Morgan fingerprint density at radius 3 is 2.68 bits per heavy atom. The smallest absolute Gasteiger partial charge is 0.240 e. The van der Waals surface area contributed by atoms with E-state index in [-0.39, 0.29) is 24.1 Å². The molecule has 0 saturated carbocycles. The molecule has 2 N–H and O–H groups in total. The van der Waals surface area contributed by atoms with Crippen LogP contribution in [0.15, 0.2) is 30.3 Å². The highest BCUT2D eigenvalue weighted by molar-refractivity contribution is 5.82. The lowest BCUT2D eigenvalue weighted by atomic mass is 10.1. The number of amides is 1. The number of carbonyl (C=O) groups is 1. The van der Waals surface area contributed by atoms with Gasteiger partial charge in [0.05, 0.1) is 30.1 Å². The lowest BCUT2D eigenvalue weighted by Crippen LogP contribution is -2.55. The third-order valence-electron chi connectivity index (χ3n) is 4.60. The van der Waals surface area contributed by atoms with Crippen molar-refractivity contribution in [3.8, 4) is 5.69 Å². The lowest BCUT2D eigenvalue weighted by Gasteiger charge is -2.30. The highest BCUT2D eigenvalue weighted by Gasteiger charge is 2.29. The monoisotopic (exact) mass is 342 g/mol. The van der Waals surface area contributed by atoms with E-state index in [0.717, 1.165) is 22.6 Å². The Bertz CT molecular complexity index is 738. The third kappa shape index (κ3) is 3.91. The number of carbonyl (C=O) groups excluding carboxylic acids is 1. The first kappa shape index (κ1) is 17.6. The average molecular weight is 342 g/mol. The fourth-order valence-corrected chi connectivity index (χ4v) is 3.21. The van der Waals surface area contributed by atoms with E-state index in [4.69, 9.17) is 4.74 Å². The van der Waals surface area contributed by atoms with Crippen LogP contribution in [0.1, 0.15) is 36.8 Å². The van der Waals surface area contributed by atoms with Crippen molar-refractivity contribution < 1.29 is 9.53 Å². The van der Waals surface area contributed by atoms with E-state index in [1.165, 1.54) is 0 Å². The topological polar surface area (TPSA) is 68.2 Å². The standard InChI is InChI=1S/C19H26N4O2/c1-12-11-13(2)23(22-12)17-7-5-16(6-8-17)14(3)21-19(24)18-15(4)25-10-9-20-18/h5-8,11,14-15,18,20H,9-10H2,1-4H3,(H,21,24)/t14?,15-,18+/m1/s1. The molecule has 6 heteroatoms. The van der Waals surface area contributed by atoms with Crippen LogP contribution in [0.25, 0.3) is 5.69 Å². The Morgan fingerprint density at radius 2 is 2.08 bits per heavy atom. The molecule has 2 aromatic rings. The number of benzene rings is 1. The summed E-state index contributed by atoms with van der Waals surface area (Å²) in [7, 11) is 0. The first-order valence-electron chi connectivity index (χ1n) is 8.74. The molecule has 1 unspecified atom stereocenters. The largest absolute Gasteiger partial charge is 0.375 e. The summed E-state index contributed by atoms with van der Waals surface area (Å²) >= 11 is 0. The molecule has 1 aliphatic heterocycles. The second-order valence-electron chi connectivity index (χ2n) is 6.67. The number of rotatable bonds is 4. The molecule has 0 bridgehead atoms. The zero-order chi connectivity index (χ0) is 18.0. The second-order valence-corrected chi connectivity index (χ2v) is 6.67. The minimum atomic E-state index is -0.301. The third-order valence-corrected chi connectivity index (χ3v) is 4.60. The van der Waals surface area contributed by atoms with Crippen molar-refractivity contribution in [2.75, 3.05) is 13.2 Å².